The van der Waals surface area contributed by atoms with Crippen molar-refractivity contribution in [1.29, 1.82) is 0 Å². The summed E-state index contributed by atoms with van der Waals surface area (Å²) in [5.74, 6) is 1.35. The van der Waals surface area contributed by atoms with Crippen LogP contribution in [0.2, 0.25) is 0 Å². The maximum absolute atomic E-state index is 12.3. The molecule has 0 rings (SSSR count). The second-order valence-electron chi connectivity index (χ2n) is 4.97. The predicted molar refractivity (Wildman–Crippen MR) is 99.6 cm³/mol. The highest BCUT2D eigenvalue weighted by atomic mass is 32.2. The van der Waals surface area contributed by atoms with Crippen LogP contribution >= 0.6 is 23.5 Å². The van der Waals surface area contributed by atoms with Crippen LogP contribution in [0.3, 0.4) is 0 Å². The highest BCUT2D eigenvalue weighted by Gasteiger charge is 2.19. The third-order valence-electron chi connectivity index (χ3n) is 3.04. The van der Waals surface area contributed by atoms with Gasteiger partial charge in [-0.05, 0) is 37.7 Å². The first-order valence-electron chi connectivity index (χ1n) is 8.33. The van der Waals surface area contributed by atoms with Crippen LogP contribution in [0.25, 0.3) is 0 Å². The van der Waals surface area contributed by atoms with Gasteiger partial charge in [0, 0.05) is 6.42 Å². The van der Waals surface area contributed by atoms with Crippen LogP contribution in [0.5, 0.6) is 0 Å². The van der Waals surface area contributed by atoms with E-state index in [0.717, 1.165) is 41.4 Å². The van der Waals surface area contributed by atoms with Gasteiger partial charge in [-0.3, -0.25) is 4.79 Å². The van der Waals surface area contributed by atoms with Crippen molar-refractivity contribution in [2.45, 2.75) is 59.3 Å². The molecule has 0 saturated heterocycles. The maximum Gasteiger partial charge on any atom is 0.335 e. The average molecular weight is 363 g/mol. The first-order valence-corrected chi connectivity index (χ1v) is 10.3. The highest BCUT2D eigenvalue weighted by molar-refractivity contribution is 8.22. The van der Waals surface area contributed by atoms with Crippen molar-refractivity contribution in [3.63, 3.8) is 0 Å². The Morgan fingerprint density at radius 2 is 1.48 bits per heavy atom. The fourth-order valence-electron chi connectivity index (χ4n) is 1.67. The monoisotopic (exact) mass is 362 g/mol. The molecule has 0 aliphatic rings. The molecule has 6 heteroatoms. The Kier molecular flexibility index (Phi) is 14.5. The van der Waals surface area contributed by atoms with E-state index in [1.54, 1.807) is 30.4 Å². The molecule has 0 bridgehead atoms. The Morgan fingerprint density at radius 3 is 1.91 bits per heavy atom. The van der Waals surface area contributed by atoms with E-state index in [9.17, 15) is 9.59 Å². The Hall–Kier alpha value is -0.620. The first-order chi connectivity index (χ1) is 11.1. The van der Waals surface area contributed by atoms with Gasteiger partial charge in [-0.2, -0.15) is 0 Å². The van der Waals surface area contributed by atoms with Gasteiger partial charge in [-0.15, -0.1) is 23.5 Å². The zero-order valence-corrected chi connectivity index (χ0v) is 16.4. The molecule has 23 heavy (non-hydrogen) atoms. The number of unbranched alkanes of at least 4 members (excludes halogenated alkanes) is 2. The zero-order valence-electron chi connectivity index (χ0n) is 14.8. The summed E-state index contributed by atoms with van der Waals surface area (Å²) in [4.78, 5) is 23.7. The van der Waals surface area contributed by atoms with Crippen molar-refractivity contribution in [2.24, 2.45) is 0 Å². The van der Waals surface area contributed by atoms with E-state index >= 15 is 0 Å². The number of hydrogen-bond acceptors (Lipinski definition) is 6. The number of esters is 2. The second-order valence-corrected chi connectivity index (χ2v) is 7.44. The van der Waals surface area contributed by atoms with E-state index in [1.807, 2.05) is 0 Å². The SMILES string of the molecule is CCCCSC(SCCCC)=C(CCC(=O)OC)C(=O)OCC. The van der Waals surface area contributed by atoms with Gasteiger partial charge < -0.3 is 9.47 Å². The van der Waals surface area contributed by atoms with Gasteiger partial charge in [0.05, 0.1) is 23.5 Å². The molecule has 0 fully saturated rings. The molecular formula is C17H30O4S2. The van der Waals surface area contributed by atoms with E-state index < -0.39 is 0 Å². The van der Waals surface area contributed by atoms with Gasteiger partial charge in [-0.25, -0.2) is 4.79 Å². The lowest BCUT2D eigenvalue weighted by Gasteiger charge is -2.14. The fourth-order valence-corrected chi connectivity index (χ4v) is 4.46. The van der Waals surface area contributed by atoms with E-state index in [2.05, 4.69) is 18.6 Å². The molecule has 0 heterocycles. The number of rotatable bonds is 13. The van der Waals surface area contributed by atoms with Crippen LogP contribution in [0, 0.1) is 0 Å². The van der Waals surface area contributed by atoms with Crippen molar-refractivity contribution in [3.8, 4) is 0 Å². The van der Waals surface area contributed by atoms with E-state index in [1.165, 1.54) is 7.11 Å². The Morgan fingerprint density at radius 1 is 0.913 bits per heavy atom. The average Bonchev–Trinajstić information content (AvgIpc) is 2.54. The molecule has 0 unspecified atom stereocenters. The quantitative estimate of drug-likeness (QED) is 0.267. The Bertz CT molecular complexity index is 369. The molecule has 0 aromatic rings. The highest BCUT2D eigenvalue weighted by Crippen LogP contribution is 2.35. The summed E-state index contributed by atoms with van der Waals surface area (Å²) in [7, 11) is 1.36. The molecular weight excluding hydrogens is 332 g/mol. The topological polar surface area (TPSA) is 52.6 Å². The number of thioether (sulfide) groups is 2. The third-order valence-corrected chi connectivity index (χ3v) is 5.75. The van der Waals surface area contributed by atoms with Crippen LogP contribution in [-0.2, 0) is 19.1 Å². The summed E-state index contributed by atoms with van der Waals surface area (Å²) in [6, 6.07) is 0. The Labute approximate surface area is 149 Å². The number of carbonyl (C=O) groups excluding carboxylic acids is 2. The molecule has 0 aliphatic heterocycles. The number of carbonyl (C=O) groups is 2. The van der Waals surface area contributed by atoms with Crippen LogP contribution in [0.15, 0.2) is 9.81 Å². The number of hydrogen-bond donors (Lipinski definition) is 0. The molecule has 0 amide bonds. The lowest BCUT2D eigenvalue weighted by atomic mass is 10.1. The molecule has 0 spiro atoms. The maximum atomic E-state index is 12.3. The minimum absolute atomic E-state index is 0.205. The molecule has 4 nitrogen and oxygen atoms in total. The molecule has 0 atom stereocenters. The lowest BCUT2D eigenvalue weighted by Crippen LogP contribution is -2.12. The van der Waals surface area contributed by atoms with Crippen LogP contribution in [0.4, 0.5) is 0 Å². The summed E-state index contributed by atoms with van der Waals surface area (Å²) in [5, 5.41) is 0. The van der Waals surface area contributed by atoms with Gasteiger partial charge in [0.15, 0.2) is 0 Å². The molecule has 0 aromatic heterocycles. The summed E-state index contributed by atoms with van der Waals surface area (Å²) in [5.41, 5.74) is 0.624. The zero-order chi connectivity index (χ0) is 17.5. The van der Waals surface area contributed by atoms with Crippen molar-refractivity contribution in [1.82, 2.24) is 0 Å². The van der Waals surface area contributed by atoms with Gasteiger partial charge >= 0.3 is 11.9 Å². The molecule has 0 aromatic carbocycles. The second kappa shape index (κ2) is 14.9. The largest absolute Gasteiger partial charge is 0.469 e. The van der Waals surface area contributed by atoms with Crippen molar-refractivity contribution in [3.05, 3.63) is 9.81 Å². The van der Waals surface area contributed by atoms with E-state index in [-0.39, 0.29) is 18.4 Å². The normalized spacial score (nSPS) is 10.3. The van der Waals surface area contributed by atoms with Gasteiger partial charge in [0.25, 0.3) is 0 Å². The summed E-state index contributed by atoms with van der Waals surface area (Å²) >= 11 is 3.42. The lowest BCUT2D eigenvalue weighted by molar-refractivity contribution is -0.140. The summed E-state index contributed by atoms with van der Waals surface area (Å²) in [6.07, 6.45) is 5.04. The van der Waals surface area contributed by atoms with Crippen molar-refractivity contribution in [2.75, 3.05) is 25.2 Å². The predicted octanol–water partition coefficient (Wildman–Crippen LogP) is 4.78. The van der Waals surface area contributed by atoms with Gasteiger partial charge in [0.1, 0.15) is 0 Å². The smallest absolute Gasteiger partial charge is 0.335 e. The fraction of sp³-hybridized carbons (Fsp3) is 0.765. The standard InChI is InChI=1S/C17H30O4S2/c1-5-8-12-22-17(23-13-9-6-2)14(16(19)21-7-3)10-11-15(18)20-4/h5-13H2,1-4H3. The van der Waals surface area contributed by atoms with Crippen LogP contribution in [0.1, 0.15) is 59.3 Å². The molecule has 0 radical (unpaired) electrons. The molecule has 0 N–H and O–H groups in total. The van der Waals surface area contributed by atoms with Crippen molar-refractivity contribution >= 4 is 35.5 Å². The van der Waals surface area contributed by atoms with Crippen molar-refractivity contribution < 1.29 is 19.1 Å². The van der Waals surface area contributed by atoms with Gasteiger partial charge in [0.2, 0.25) is 0 Å². The molecule has 0 aliphatic carbocycles. The summed E-state index contributed by atoms with van der Waals surface area (Å²) < 4.78 is 10.9. The molecule has 0 saturated carbocycles. The Balaban J connectivity index is 5.14. The number of ether oxygens (including phenoxy) is 2. The van der Waals surface area contributed by atoms with Crippen LogP contribution in [-0.4, -0.2) is 37.2 Å². The molecule has 134 valence electrons. The number of methoxy groups -OCH3 is 1. The van der Waals surface area contributed by atoms with E-state index in [4.69, 9.17) is 4.74 Å². The van der Waals surface area contributed by atoms with E-state index in [0.29, 0.717) is 18.6 Å². The minimum Gasteiger partial charge on any atom is -0.469 e. The summed E-state index contributed by atoms with van der Waals surface area (Å²) in [6.45, 7) is 6.44. The minimum atomic E-state index is -0.306. The van der Waals surface area contributed by atoms with Gasteiger partial charge in [-0.1, -0.05) is 26.7 Å². The third kappa shape index (κ3) is 10.7. The first kappa shape index (κ1) is 22.4. The van der Waals surface area contributed by atoms with Crippen LogP contribution < -0.4 is 0 Å².